The highest BCUT2D eigenvalue weighted by Crippen LogP contribution is 2.35. The minimum atomic E-state index is -0.233. The second-order valence-corrected chi connectivity index (χ2v) is 6.15. The summed E-state index contributed by atoms with van der Waals surface area (Å²) in [6.45, 7) is 10.1. The summed E-state index contributed by atoms with van der Waals surface area (Å²) >= 11 is 0. The van der Waals surface area contributed by atoms with Crippen molar-refractivity contribution in [3.05, 3.63) is 29.8 Å². The molecule has 0 amide bonds. The Hall–Kier alpha value is -1.10. The van der Waals surface area contributed by atoms with E-state index in [1.54, 1.807) is 7.11 Å². The van der Waals surface area contributed by atoms with Crippen LogP contribution in [0.15, 0.2) is 24.3 Å². The van der Waals surface area contributed by atoms with Gasteiger partial charge in [0.25, 0.3) is 0 Å². The first-order valence-electron chi connectivity index (χ1n) is 7.49. The van der Waals surface area contributed by atoms with E-state index in [1.807, 2.05) is 31.2 Å². The van der Waals surface area contributed by atoms with E-state index >= 15 is 0 Å². The molecule has 0 saturated heterocycles. The third-order valence-electron chi connectivity index (χ3n) is 3.35. The fourth-order valence-corrected chi connectivity index (χ4v) is 2.36. The number of methoxy groups -OCH3 is 1. The molecule has 4 heteroatoms. The summed E-state index contributed by atoms with van der Waals surface area (Å²) in [4.78, 5) is 0. The molecule has 1 aromatic carbocycles. The van der Waals surface area contributed by atoms with E-state index in [0.29, 0.717) is 19.8 Å². The van der Waals surface area contributed by atoms with Gasteiger partial charge in [0, 0.05) is 19.3 Å². The van der Waals surface area contributed by atoms with Gasteiger partial charge in [-0.25, -0.2) is 0 Å². The van der Waals surface area contributed by atoms with Crippen molar-refractivity contribution >= 4 is 0 Å². The average Bonchev–Trinajstić information content (AvgIpc) is 2.43. The minimum absolute atomic E-state index is 0.0466. The summed E-state index contributed by atoms with van der Waals surface area (Å²) in [6.07, 6.45) is -0.0744. The molecule has 0 aliphatic heterocycles. The molecule has 0 bridgehead atoms. The Labute approximate surface area is 128 Å². The predicted molar refractivity (Wildman–Crippen MR) is 85.6 cm³/mol. The van der Waals surface area contributed by atoms with Crippen LogP contribution in [0, 0.1) is 5.41 Å². The van der Waals surface area contributed by atoms with Gasteiger partial charge in [-0.3, -0.25) is 0 Å². The van der Waals surface area contributed by atoms with E-state index in [0.717, 1.165) is 11.3 Å². The molecule has 0 spiro atoms. The van der Waals surface area contributed by atoms with E-state index < -0.39 is 0 Å². The van der Waals surface area contributed by atoms with Crippen LogP contribution >= 0.6 is 0 Å². The summed E-state index contributed by atoms with van der Waals surface area (Å²) in [5.41, 5.74) is 7.41. The summed E-state index contributed by atoms with van der Waals surface area (Å²) < 4.78 is 16.7. The molecule has 0 fully saturated rings. The Bertz CT molecular complexity index is 415. The van der Waals surface area contributed by atoms with E-state index in [9.17, 15) is 0 Å². The number of ether oxygens (including phenoxy) is 3. The van der Waals surface area contributed by atoms with Crippen LogP contribution in [-0.4, -0.2) is 33.0 Å². The van der Waals surface area contributed by atoms with Crippen LogP contribution in [0.5, 0.6) is 5.75 Å². The molecule has 2 atom stereocenters. The number of hydrogen-bond acceptors (Lipinski definition) is 4. The normalized spacial score (nSPS) is 14.8. The zero-order valence-corrected chi connectivity index (χ0v) is 13.9. The van der Waals surface area contributed by atoms with Gasteiger partial charge in [0.1, 0.15) is 12.4 Å². The third kappa shape index (κ3) is 5.30. The van der Waals surface area contributed by atoms with Gasteiger partial charge in [-0.15, -0.1) is 0 Å². The number of rotatable bonds is 8. The van der Waals surface area contributed by atoms with Crippen molar-refractivity contribution in [2.75, 3.05) is 26.9 Å². The van der Waals surface area contributed by atoms with E-state index in [2.05, 4.69) is 20.8 Å². The van der Waals surface area contributed by atoms with Crippen molar-refractivity contribution in [3.63, 3.8) is 0 Å². The summed E-state index contributed by atoms with van der Waals surface area (Å²) in [5.74, 6) is 0.802. The molecule has 0 saturated carbocycles. The average molecular weight is 295 g/mol. The molecule has 0 radical (unpaired) electrons. The summed E-state index contributed by atoms with van der Waals surface area (Å²) in [5, 5.41) is 0. The van der Waals surface area contributed by atoms with Gasteiger partial charge in [-0.05, 0) is 18.4 Å². The van der Waals surface area contributed by atoms with Gasteiger partial charge in [-0.2, -0.15) is 0 Å². The Kier molecular flexibility index (Phi) is 7.15. The topological polar surface area (TPSA) is 53.7 Å². The first-order chi connectivity index (χ1) is 9.91. The van der Waals surface area contributed by atoms with Crippen LogP contribution in [0.25, 0.3) is 0 Å². The van der Waals surface area contributed by atoms with Crippen molar-refractivity contribution in [2.45, 2.75) is 39.8 Å². The van der Waals surface area contributed by atoms with Gasteiger partial charge < -0.3 is 19.9 Å². The molecular weight excluding hydrogens is 266 g/mol. The quantitative estimate of drug-likeness (QED) is 0.748. The lowest BCUT2D eigenvalue weighted by atomic mass is 9.82. The number of para-hydroxylation sites is 1. The van der Waals surface area contributed by atoms with E-state index in [1.165, 1.54) is 0 Å². The Morgan fingerprint density at radius 2 is 1.81 bits per heavy atom. The maximum atomic E-state index is 6.48. The molecule has 1 rings (SSSR count). The third-order valence-corrected chi connectivity index (χ3v) is 3.35. The molecule has 0 heterocycles. The van der Waals surface area contributed by atoms with Crippen LogP contribution in [0.4, 0.5) is 0 Å². The van der Waals surface area contributed by atoms with Crippen molar-refractivity contribution in [2.24, 2.45) is 11.1 Å². The molecule has 0 aliphatic carbocycles. The first-order valence-corrected chi connectivity index (χ1v) is 7.49. The predicted octanol–water partition coefficient (Wildman–Crippen LogP) is 3.16. The fourth-order valence-electron chi connectivity index (χ4n) is 2.36. The highest BCUT2D eigenvalue weighted by molar-refractivity contribution is 5.36. The van der Waals surface area contributed by atoms with Gasteiger partial charge in [-0.1, -0.05) is 39.0 Å². The highest BCUT2D eigenvalue weighted by Gasteiger charge is 2.33. The maximum absolute atomic E-state index is 6.48. The number of nitrogens with two attached hydrogens (primary N) is 1. The lowest BCUT2D eigenvalue weighted by molar-refractivity contribution is -0.0288. The van der Waals surface area contributed by atoms with E-state index in [-0.39, 0.29) is 17.6 Å². The Morgan fingerprint density at radius 3 is 2.38 bits per heavy atom. The van der Waals surface area contributed by atoms with Crippen LogP contribution < -0.4 is 10.5 Å². The second kappa shape index (κ2) is 8.37. The zero-order valence-electron chi connectivity index (χ0n) is 13.9. The summed E-state index contributed by atoms with van der Waals surface area (Å²) in [6, 6.07) is 7.64. The fraction of sp³-hybridized carbons (Fsp3) is 0.647. The molecule has 4 nitrogen and oxygen atoms in total. The largest absolute Gasteiger partial charge is 0.491 e. The molecular formula is C17H29NO3. The molecule has 0 aliphatic rings. The minimum Gasteiger partial charge on any atom is -0.491 e. The van der Waals surface area contributed by atoms with Crippen LogP contribution in [0.2, 0.25) is 0 Å². The highest BCUT2D eigenvalue weighted by atomic mass is 16.5. The standard InChI is InChI=1S/C17H29NO3/c1-6-20-16(17(2,3)4)15(18)13-9-7-8-10-14(13)21-12-11-19-5/h7-10,15-16H,6,11-12,18H2,1-5H3. The summed E-state index contributed by atoms with van der Waals surface area (Å²) in [7, 11) is 1.66. The lowest BCUT2D eigenvalue weighted by Gasteiger charge is -2.35. The van der Waals surface area contributed by atoms with Crippen molar-refractivity contribution in [3.8, 4) is 5.75 Å². The Morgan fingerprint density at radius 1 is 1.14 bits per heavy atom. The molecule has 1 aromatic rings. The monoisotopic (exact) mass is 295 g/mol. The first kappa shape index (κ1) is 18.0. The molecule has 0 aromatic heterocycles. The number of benzene rings is 1. The van der Waals surface area contributed by atoms with Crippen molar-refractivity contribution in [1.29, 1.82) is 0 Å². The maximum Gasteiger partial charge on any atom is 0.124 e. The van der Waals surface area contributed by atoms with E-state index in [4.69, 9.17) is 19.9 Å². The van der Waals surface area contributed by atoms with Gasteiger partial charge in [0.2, 0.25) is 0 Å². The smallest absolute Gasteiger partial charge is 0.124 e. The SMILES string of the molecule is CCOC(C(N)c1ccccc1OCCOC)C(C)(C)C. The second-order valence-electron chi connectivity index (χ2n) is 6.15. The molecule has 120 valence electrons. The zero-order chi connectivity index (χ0) is 15.9. The van der Waals surface area contributed by atoms with Crippen molar-refractivity contribution in [1.82, 2.24) is 0 Å². The molecule has 21 heavy (non-hydrogen) atoms. The molecule has 2 N–H and O–H groups in total. The number of hydrogen-bond donors (Lipinski definition) is 1. The lowest BCUT2D eigenvalue weighted by Crippen LogP contribution is -2.39. The van der Waals surface area contributed by atoms with Crippen LogP contribution in [0.3, 0.4) is 0 Å². The van der Waals surface area contributed by atoms with Gasteiger partial charge in [0.15, 0.2) is 0 Å². The van der Waals surface area contributed by atoms with Gasteiger partial charge >= 0.3 is 0 Å². The van der Waals surface area contributed by atoms with Crippen molar-refractivity contribution < 1.29 is 14.2 Å². The molecule has 2 unspecified atom stereocenters. The Balaban J connectivity index is 2.96. The van der Waals surface area contributed by atoms with Crippen LogP contribution in [0.1, 0.15) is 39.3 Å². The van der Waals surface area contributed by atoms with Gasteiger partial charge in [0.05, 0.1) is 18.8 Å². The van der Waals surface area contributed by atoms with Crippen LogP contribution in [-0.2, 0) is 9.47 Å².